The zero-order chi connectivity index (χ0) is 49.5. The van der Waals surface area contributed by atoms with Gasteiger partial charge in [-0.2, -0.15) is 0 Å². The van der Waals surface area contributed by atoms with E-state index in [0.717, 1.165) is 0 Å². The van der Waals surface area contributed by atoms with Crippen molar-refractivity contribution in [2.75, 3.05) is 21.2 Å². The molecule has 3 heterocycles. The summed E-state index contributed by atoms with van der Waals surface area (Å²) >= 11 is 0. The average Bonchev–Trinajstić information content (AvgIpc) is 3.21. The first-order chi connectivity index (χ1) is 31.1. The van der Waals surface area contributed by atoms with Gasteiger partial charge >= 0.3 is 35.8 Å². The van der Waals surface area contributed by atoms with Gasteiger partial charge < -0.3 is 61.8 Å². The van der Waals surface area contributed by atoms with Gasteiger partial charge in [-0.1, -0.05) is 39.0 Å². The van der Waals surface area contributed by atoms with E-state index in [4.69, 9.17) is 52.1 Å². The lowest BCUT2D eigenvalue weighted by Crippen LogP contribution is -2.67. The number of likely N-dealkylation sites (N-methyl/N-ethyl adjacent to an activating group) is 1. The normalized spacial score (nSPS) is 36.8. The predicted molar refractivity (Wildman–Crippen MR) is 234 cm³/mol. The molecule has 0 radical (unpaired) electrons. The fraction of sp³-hybridized carbons (Fsp3) is 0.766. The number of hydrogen-bond donors (Lipinski definition) is 0. The second kappa shape index (κ2) is 26.3. The van der Waals surface area contributed by atoms with Crippen molar-refractivity contribution >= 4 is 42.1 Å². The second-order valence-electron chi connectivity index (χ2n) is 17.7. The van der Waals surface area contributed by atoms with Gasteiger partial charge in [-0.05, 0) is 66.1 Å². The highest BCUT2D eigenvalue weighted by Gasteiger charge is 2.55. The molecule has 0 N–H and O–H groups in total. The molecule has 66 heavy (non-hydrogen) atoms. The van der Waals surface area contributed by atoms with Gasteiger partial charge in [-0.15, -0.1) is 0 Å². The summed E-state index contributed by atoms with van der Waals surface area (Å²) in [7, 11) is 4.83. The minimum Gasteiger partial charge on any atom is -0.462 e. The molecule has 0 bridgehead atoms. The van der Waals surface area contributed by atoms with E-state index < -0.39 is 139 Å². The third-order valence-corrected chi connectivity index (χ3v) is 11.8. The minimum absolute atomic E-state index is 0.0440. The van der Waals surface area contributed by atoms with E-state index in [0.29, 0.717) is 12.7 Å². The van der Waals surface area contributed by atoms with Crippen LogP contribution in [0.25, 0.3) is 0 Å². The van der Waals surface area contributed by atoms with Gasteiger partial charge in [-0.25, -0.2) is 0 Å². The lowest BCUT2D eigenvalue weighted by atomic mass is 9.82. The molecule has 0 aromatic carbocycles. The molecule has 374 valence electrons. The Morgan fingerprint density at radius 1 is 0.818 bits per heavy atom. The number of methoxy groups -OCH3 is 1. The minimum atomic E-state index is -1.41. The average molecular weight is 940 g/mol. The van der Waals surface area contributed by atoms with Crippen molar-refractivity contribution in [2.24, 2.45) is 11.8 Å². The molecule has 19 nitrogen and oxygen atoms in total. The smallest absolute Gasteiger partial charge is 0.309 e. The third kappa shape index (κ3) is 16.2. The Balaban J connectivity index is 2.19. The van der Waals surface area contributed by atoms with Crippen LogP contribution in [0.1, 0.15) is 114 Å². The molecule has 0 aromatic heterocycles. The number of cyclic esters (lactones) is 1. The molecule has 3 rings (SSSR count). The fourth-order valence-corrected chi connectivity index (χ4v) is 8.86. The molecule has 19 heteroatoms. The number of ether oxygens (including phenoxy) is 11. The zero-order valence-corrected chi connectivity index (χ0v) is 40.8. The van der Waals surface area contributed by atoms with E-state index in [-0.39, 0.29) is 32.1 Å². The molecule has 2 fully saturated rings. The summed E-state index contributed by atoms with van der Waals surface area (Å²) in [6.45, 7) is 15.6. The Kier molecular flexibility index (Phi) is 22.4. The third-order valence-electron chi connectivity index (χ3n) is 11.8. The maximum Gasteiger partial charge on any atom is 0.309 e. The molecular formula is C47H73NO18. The van der Waals surface area contributed by atoms with Crippen LogP contribution >= 0.6 is 0 Å². The summed E-state index contributed by atoms with van der Waals surface area (Å²) in [6, 6.07) is -0.829. The van der Waals surface area contributed by atoms with E-state index in [9.17, 15) is 33.6 Å². The van der Waals surface area contributed by atoms with Gasteiger partial charge in [0.05, 0.1) is 30.8 Å². The van der Waals surface area contributed by atoms with E-state index in [1.165, 1.54) is 27.9 Å². The largest absolute Gasteiger partial charge is 0.462 e. The van der Waals surface area contributed by atoms with E-state index in [1.54, 1.807) is 84.8 Å². The first-order valence-electron chi connectivity index (χ1n) is 22.8. The van der Waals surface area contributed by atoms with Crippen molar-refractivity contribution in [3.63, 3.8) is 0 Å². The van der Waals surface area contributed by atoms with Crippen molar-refractivity contribution in [3.05, 3.63) is 24.3 Å². The summed E-state index contributed by atoms with van der Waals surface area (Å²) in [5.74, 6) is -4.89. The maximum atomic E-state index is 13.5. The Labute approximate surface area is 388 Å². The van der Waals surface area contributed by atoms with Crippen LogP contribution in [-0.2, 0) is 85.7 Å². The molecule has 0 spiro atoms. The molecule has 2 saturated heterocycles. The van der Waals surface area contributed by atoms with Crippen LogP contribution in [0.2, 0.25) is 0 Å². The molecule has 0 aromatic rings. The molecule has 3 aliphatic heterocycles. The second-order valence-corrected chi connectivity index (χ2v) is 17.7. The standard InChI is InChI=1S/C47H73NO18/c1-14-36(53)62-35-24-38(55)57-27(4)19-17-16-18-20-34(60-30(7)50)26(3)23-33(21-22-49)42(43(35)56-13)65-46-44(61-31(8)51)40(48(11)12)41(28(5)59-46)64-39-25-47(10,66-32(9)52)45(29(6)58-39)63-37(54)15-2/h16-18,20,22,26-29,33-35,39-46H,14-15,19,21,23-25H2,1-13H3/b17-16+,20-18+/t26-,27-,28?,29?,33+,34+,35+,39?,40?,41?,42+,43+,44?,45?,46?,47?/m1/s1. The number of aldehydes is 1. The number of rotatable bonds is 15. The molecule has 9 unspecified atom stereocenters. The molecule has 0 aliphatic carbocycles. The van der Waals surface area contributed by atoms with E-state index in [1.807, 2.05) is 6.92 Å². The van der Waals surface area contributed by atoms with Crippen LogP contribution in [0.4, 0.5) is 0 Å². The van der Waals surface area contributed by atoms with Crippen molar-refractivity contribution in [3.8, 4) is 0 Å². The first kappa shape index (κ1) is 56.1. The van der Waals surface area contributed by atoms with Gasteiger partial charge in [0.2, 0.25) is 0 Å². The van der Waals surface area contributed by atoms with Crippen molar-refractivity contribution in [2.45, 2.75) is 199 Å². The van der Waals surface area contributed by atoms with Gasteiger partial charge in [0.25, 0.3) is 0 Å². The van der Waals surface area contributed by atoms with E-state index in [2.05, 4.69) is 0 Å². The highest BCUT2D eigenvalue weighted by atomic mass is 16.7. The van der Waals surface area contributed by atoms with Crippen LogP contribution in [0.5, 0.6) is 0 Å². The lowest BCUT2D eigenvalue weighted by molar-refractivity contribution is -0.345. The Bertz CT molecular complexity index is 1700. The van der Waals surface area contributed by atoms with Crippen LogP contribution in [0.15, 0.2) is 24.3 Å². The molecule has 0 saturated carbocycles. The number of nitrogens with zero attached hydrogens (tertiary/aromatic N) is 1. The van der Waals surface area contributed by atoms with Crippen molar-refractivity contribution < 1.29 is 85.7 Å². The van der Waals surface area contributed by atoms with Gasteiger partial charge in [-0.3, -0.25) is 28.8 Å². The van der Waals surface area contributed by atoms with Gasteiger partial charge in [0, 0.05) is 60.0 Å². The summed E-state index contributed by atoms with van der Waals surface area (Å²) in [5.41, 5.74) is -1.36. The van der Waals surface area contributed by atoms with Crippen molar-refractivity contribution in [1.29, 1.82) is 0 Å². The van der Waals surface area contributed by atoms with Crippen LogP contribution < -0.4 is 0 Å². The van der Waals surface area contributed by atoms with E-state index >= 15 is 0 Å². The number of carbonyl (C=O) groups excluding carboxylic acids is 7. The first-order valence-corrected chi connectivity index (χ1v) is 22.8. The highest BCUT2D eigenvalue weighted by Crippen LogP contribution is 2.40. The Morgan fingerprint density at radius 3 is 2.05 bits per heavy atom. The summed E-state index contributed by atoms with van der Waals surface area (Å²) in [5, 5.41) is 0. The quantitative estimate of drug-likeness (QED) is 0.125. The highest BCUT2D eigenvalue weighted by molar-refractivity contribution is 5.73. The Morgan fingerprint density at radius 2 is 1.47 bits per heavy atom. The number of hydrogen-bond acceptors (Lipinski definition) is 19. The number of esters is 6. The monoisotopic (exact) mass is 939 g/mol. The predicted octanol–water partition coefficient (Wildman–Crippen LogP) is 4.48. The SMILES string of the molecule is CCC(=O)OC1C(C)OC(OC2C(C)OC(O[C@H]3[C@@H](CC=O)C[C@@H](C)[C@@H](OC(C)=O)/C=C/C=C/C[C@@H](C)OC(=O)C[C@H](OC(=O)CC)[C@@H]3OC)C(OC(C)=O)C2N(C)C)CC1(C)OC(C)=O. The number of carbonyl (C=O) groups is 7. The molecular weight excluding hydrogens is 867 g/mol. The van der Waals surface area contributed by atoms with Gasteiger partial charge in [0.15, 0.2) is 30.4 Å². The van der Waals surface area contributed by atoms with Crippen LogP contribution in [0, 0.1) is 11.8 Å². The maximum absolute atomic E-state index is 13.5. The summed E-state index contributed by atoms with van der Waals surface area (Å²) < 4.78 is 67.5. The molecule has 0 amide bonds. The van der Waals surface area contributed by atoms with Crippen molar-refractivity contribution in [1.82, 2.24) is 4.90 Å². The molecule has 16 atom stereocenters. The van der Waals surface area contributed by atoms with Gasteiger partial charge in [0.1, 0.15) is 36.8 Å². The summed E-state index contributed by atoms with van der Waals surface area (Å²) in [4.78, 5) is 91.2. The number of allylic oxidation sites excluding steroid dienone is 2. The zero-order valence-electron chi connectivity index (χ0n) is 40.8. The van der Waals surface area contributed by atoms with Crippen LogP contribution in [-0.4, -0.2) is 153 Å². The van der Waals surface area contributed by atoms with Crippen LogP contribution in [0.3, 0.4) is 0 Å². The Hall–Kier alpha value is -4.27. The lowest BCUT2D eigenvalue weighted by Gasteiger charge is -2.51. The fourth-order valence-electron chi connectivity index (χ4n) is 8.86. The topological polar surface area (TPSA) is 224 Å². The molecule has 3 aliphatic rings. The summed E-state index contributed by atoms with van der Waals surface area (Å²) in [6.07, 6.45) is -4.77.